The van der Waals surface area contributed by atoms with Gasteiger partial charge in [-0.05, 0) is 18.4 Å². The van der Waals surface area contributed by atoms with Gasteiger partial charge in [-0.2, -0.15) is 0 Å². The Hall–Kier alpha value is -0.720. The molecule has 0 aromatic heterocycles. The Kier molecular flexibility index (Phi) is 5.13. The summed E-state index contributed by atoms with van der Waals surface area (Å²) in [7, 11) is 1.01. The van der Waals surface area contributed by atoms with Crippen molar-refractivity contribution >= 4 is 14.4 Å². The lowest BCUT2D eigenvalue weighted by molar-refractivity contribution is -0.134. The molecule has 0 amide bonds. The van der Waals surface area contributed by atoms with Crippen LogP contribution in [0, 0.1) is 0 Å². The molecule has 1 aliphatic heterocycles. The van der Waals surface area contributed by atoms with E-state index < -0.39 is 0 Å². The molecule has 1 atom stereocenters. The first-order chi connectivity index (χ1) is 9.34. The molecule has 0 radical (unpaired) electrons. The molecule has 1 aromatic rings. The van der Waals surface area contributed by atoms with Crippen LogP contribution in [-0.2, 0) is 10.3 Å². The number of hydrogen-bond acceptors (Lipinski definition) is 2. The third-order valence-electron chi connectivity index (χ3n) is 4.05. The quantitative estimate of drug-likeness (QED) is 0.763. The number of rotatable bonds is 2. The first kappa shape index (κ1) is 14.7. The van der Waals surface area contributed by atoms with Gasteiger partial charge < -0.3 is 0 Å². The van der Waals surface area contributed by atoms with Crippen molar-refractivity contribution in [2.45, 2.75) is 45.1 Å². The average molecular weight is 277 g/mol. The predicted octanol–water partition coefficient (Wildman–Crippen LogP) is 3.96. The minimum absolute atomic E-state index is 0.273. The summed E-state index contributed by atoms with van der Waals surface area (Å²) in [6.07, 6.45) is 6.25. The first-order valence-corrected chi connectivity index (χ1v) is 8.80. The number of carbonyl (C=O) groups is 1. The van der Waals surface area contributed by atoms with E-state index in [0.717, 1.165) is 40.4 Å². The van der Waals surface area contributed by atoms with Crippen LogP contribution >= 0.6 is 8.58 Å². The van der Waals surface area contributed by atoms with Gasteiger partial charge in [0.2, 0.25) is 0 Å². The summed E-state index contributed by atoms with van der Waals surface area (Å²) in [5, 5.41) is 0. The second-order valence-corrected chi connectivity index (χ2v) is 6.10. The molecule has 19 heavy (non-hydrogen) atoms. The molecular formula is C16H24NOP. The van der Waals surface area contributed by atoms with Crippen LogP contribution in [0.1, 0.15) is 45.1 Å². The molecule has 3 heteroatoms. The van der Waals surface area contributed by atoms with E-state index >= 15 is 0 Å². The molecule has 1 saturated heterocycles. The fourth-order valence-electron chi connectivity index (χ4n) is 3.04. The monoisotopic (exact) mass is 277 g/mol. The number of benzene rings is 1. The van der Waals surface area contributed by atoms with Crippen molar-refractivity contribution in [1.29, 1.82) is 0 Å². The lowest BCUT2D eigenvalue weighted by atomic mass is 9.74. The molecule has 0 N–H and O–H groups in total. The summed E-state index contributed by atoms with van der Waals surface area (Å²) in [5.41, 5.74) is 0.944. The number of hydrogen-bond donors (Lipinski definition) is 0. The first-order valence-electron chi connectivity index (χ1n) is 7.39. The molecule has 0 bridgehead atoms. The molecule has 1 unspecified atom stereocenters. The molecule has 1 aromatic carbocycles. The molecule has 3 rings (SSSR count). The smallest absolute Gasteiger partial charge is 0.157 e. The largest absolute Gasteiger partial charge is 0.297 e. The Balaban J connectivity index is 0.000000637. The zero-order valence-corrected chi connectivity index (χ0v) is 13.0. The van der Waals surface area contributed by atoms with Gasteiger partial charge in [0, 0.05) is 19.0 Å². The number of nitrogens with zero attached hydrogens (tertiary/aromatic N) is 1. The van der Waals surface area contributed by atoms with Gasteiger partial charge in [-0.3, -0.25) is 9.69 Å². The van der Waals surface area contributed by atoms with E-state index in [1.165, 1.54) is 12.0 Å². The van der Waals surface area contributed by atoms with E-state index in [4.69, 9.17) is 0 Å². The highest BCUT2D eigenvalue weighted by atomic mass is 31.1. The van der Waals surface area contributed by atoms with Gasteiger partial charge in [-0.15, -0.1) is 0 Å². The van der Waals surface area contributed by atoms with Gasteiger partial charge in [-0.1, -0.05) is 59.2 Å². The lowest BCUT2D eigenvalue weighted by Gasteiger charge is -2.49. The van der Waals surface area contributed by atoms with Gasteiger partial charge in [0.05, 0.1) is 0 Å². The molecule has 1 saturated carbocycles. The number of ketones is 1. The highest BCUT2D eigenvalue weighted by molar-refractivity contribution is 7.39. The third-order valence-corrected chi connectivity index (χ3v) is 5.26. The third kappa shape index (κ3) is 2.61. The molecule has 2 fully saturated rings. The molecule has 1 heterocycles. The predicted molar refractivity (Wildman–Crippen MR) is 82.8 cm³/mol. The summed E-state index contributed by atoms with van der Waals surface area (Å²) in [6, 6.07) is 10.4. The lowest BCUT2D eigenvalue weighted by Crippen LogP contribution is -2.56. The van der Waals surface area contributed by atoms with Gasteiger partial charge in [0.1, 0.15) is 5.54 Å². The maximum Gasteiger partial charge on any atom is 0.157 e. The molecule has 2 aliphatic rings. The normalized spacial score (nSPS) is 27.2. The van der Waals surface area contributed by atoms with Crippen LogP contribution in [-0.4, -0.2) is 23.3 Å². The zero-order chi connectivity index (χ0) is 13.7. The summed E-state index contributed by atoms with van der Waals surface area (Å²) < 4.78 is 0. The Morgan fingerprint density at radius 1 is 1.11 bits per heavy atom. The van der Waals surface area contributed by atoms with Gasteiger partial charge >= 0.3 is 0 Å². The zero-order valence-electron chi connectivity index (χ0n) is 12.0. The van der Waals surface area contributed by atoms with Crippen molar-refractivity contribution in [3.05, 3.63) is 35.9 Å². The topological polar surface area (TPSA) is 20.3 Å². The maximum absolute atomic E-state index is 12.5. The van der Waals surface area contributed by atoms with E-state index in [0.29, 0.717) is 5.78 Å². The highest BCUT2D eigenvalue weighted by Crippen LogP contribution is 2.46. The van der Waals surface area contributed by atoms with Crippen molar-refractivity contribution in [1.82, 2.24) is 4.90 Å². The average Bonchev–Trinajstić information content (AvgIpc) is 2.43. The molecule has 104 valence electrons. The van der Waals surface area contributed by atoms with Crippen molar-refractivity contribution in [2.24, 2.45) is 0 Å². The standard InChI is InChI=1S/C14H18NOP.C2H6/c16-13-8-4-5-9-14(13,15-10-17-11-15)12-6-2-1-3-7-12;1-2/h1-3,6-7,17H,4-5,8-11H2;1-2H3. The highest BCUT2D eigenvalue weighted by Gasteiger charge is 2.47. The van der Waals surface area contributed by atoms with Gasteiger partial charge in [-0.25, -0.2) is 0 Å². The van der Waals surface area contributed by atoms with Crippen molar-refractivity contribution in [2.75, 3.05) is 12.6 Å². The van der Waals surface area contributed by atoms with E-state index in [1.54, 1.807) is 0 Å². The van der Waals surface area contributed by atoms with Gasteiger partial charge in [0.25, 0.3) is 0 Å². The molecule has 0 spiro atoms. The van der Waals surface area contributed by atoms with Crippen LogP contribution in [0.3, 0.4) is 0 Å². The summed E-state index contributed by atoms with van der Waals surface area (Å²) in [6.45, 7) is 4.00. The van der Waals surface area contributed by atoms with Crippen LogP contribution in [0.2, 0.25) is 0 Å². The van der Waals surface area contributed by atoms with Crippen molar-refractivity contribution in [3.8, 4) is 0 Å². The summed E-state index contributed by atoms with van der Waals surface area (Å²) in [5.74, 6) is 0.444. The van der Waals surface area contributed by atoms with Crippen LogP contribution in [0.25, 0.3) is 0 Å². The minimum atomic E-state index is -0.273. The molecule has 2 nitrogen and oxygen atoms in total. The Bertz CT molecular complexity index is 416. The second-order valence-electron chi connectivity index (χ2n) is 4.96. The van der Waals surface area contributed by atoms with Crippen LogP contribution in [0.5, 0.6) is 0 Å². The van der Waals surface area contributed by atoms with E-state index in [-0.39, 0.29) is 5.54 Å². The minimum Gasteiger partial charge on any atom is -0.297 e. The second kappa shape index (κ2) is 6.63. The maximum atomic E-state index is 12.5. The summed E-state index contributed by atoms with van der Waals surface area (Å²) in [4.78, 5) is 14.9. The molecular weight excluding hydrogens is 253 g/mol. The fourth-order valence-corrected chi connectivity index (χ4v) is 4.03. The Morgan fingerprint density at radius 2 is 1.79 bits per heavy atom. The Morgan fingerprint density at radius 3 is 2.32 bits per heavy atom. The van der Waals surface area contributed by atoms with Crippen LogP contribution in [0.4, 0.5) is 0 Å². The number of Topliss-reactive ketones (excluding diaryl/α,β-unsaturated/α-hetero) is 1. The van der Waals surface area contributed by atoms with Crippen LogP contribution in [0.15, 0.2) is 30.3 Å². The Labute approximate surface area is 118 Å². The van der Waals surface area contributed by atoms with Crippen LogP contribution < -0.4 is 0 Å². The SMILES string of the molecule is CC.O=C1CCCCC1(c1ccccc1)N1CPC1. The van der Waals surface area contributed by atoms with Gasteiger partial charge in [0.15, 0.2) is 5.78 Å². The number of carbonyl (C=O) groups excluding carboxylic acids is 1. The fraction of sp³-hybridized carbons (Fsp3) is 0.562. The van der Waals surface area contributed by atoms with E-state index in [9.17, 15) is 4.79 Å². The van der Waals surface area contributed by atoms with Crippen molar-refractivity contribution in [3.63, 3.8) is 0 Å². The molecule has 1 aliphatic carbocycles. The van der Waals surface area contributed by atoms with Crippen molar-refractivity contribution < 1.29 is 4.79 Å². The summed E-state index contributed by atoms with van der Waals surface area (Å²) >= 11 is 0. The van der Waals surface area contributed by atoms with E-state index in [2.05, 4.69) is 29.2 Å². The van der Waals surface area contributed by atoms with E-state index in [1.807, 2.05) is 19.9 Å².